The first-order chi connectivity index (χ1) is 11.6. The third kappa shape index (κ3) is 5.53. The normalized spacial score (nSPS) is 15.4. The molecule has 1 aliphatic heterocycles. The molecule has 0 atom stereocenters. The van der Waals surface area contributed by atoms with Crippen LogP contribution in [0.15, 0.2) is 30.3 Å². The molecule has 0 aliphatic carbocycles. The number of benzene rings is 1. The molecule has 1 saturated heterocycles. The zero-order chi connectivity index (χ0) is 17.4. The molecular weight excluding hydrogens is 304 g/mol. The van der Waals surface area contributed by atoms with Crippen LogP contribution in [-0.4, -0.2) is 60.5 Å². The predicted octanol–water partition coefficient (Wildman–Crippen LogP) is 2.14. The molecule has 3 amide bonds. The second-order valence-corrected chi connectivity index (χ2v) is 6.14. The van der Waals surface area contributed by atoms with Crippen molar-refractivity contribution in [1.82, 2.24) is 15.1 Å². The molecule has 2 rings (SSSR count). The maximum Gasteiger partial charge on any atom is 0.317 e. The van der Waals surface area contributed by atoms with Crippen LogP contribution in [0.1, 0.15) is 26.7 Å². The molecule has 0 radical (unpaired) electrons. The summed E-state index contributed by atoms with van der Waals surface area (Å²) >= 11 is 0. The maximum absolute atomic E-state index is 12.2. The van der Waals surface area contributed by atoms with Gasteiger partial charge in [0.2, 0.25) is 5.91 Å². The standard InChI is InChI=1S/C18H28N4O2/c1-3-15(4-2)20-18(24)22-12-10-21(11-13-22)14-17(23)19-16-8-6-5-7-9-16/h5-9,15H,3-4,10-14H2,1-2H3,(H,19,23)(H,20,24). The third-order valence-electron chi connectivity index (χ3n) is 4.40. The Bertz CT molecular complexity index is 523. The number of anilines is 1. The largest absolute Gasteiger partial charge is 0.335 e. The quantitative estimate of drug-likeness (QED) is 0.839. The number of urea groups is 1. The number of hydrogen-bond donors (Lipinski definition) is 2. The summed E-state index contributed by atoms with van der Waals surface area (Å²) in [5.74, 6) is -0.0175. The van der Waals surface area contributed by atoms with E-state index in [1.54, 1.807) is 0 Å². The molecule has 6 heteroatoms. The summed E-state index contributed by atoms with van der Waals surface area (Å²) < 4.78 is 0. The molecule has 132 valence electrons. The Morgan fingerprint density at radius 2 is 1.67 bits per heavy atom. The van der Waals surface area contributed by atoms with Gasteiger partial charge in [0.25, 0.3) is 0 Å². The Morgan fingerprint density at radius 3 is 2.25 bits per heavy atom. The summed E-state index contributed by atoms with van der Waals surface area (Å²) in [6, 6.07) is 9.71. The highest BCUT2D eigenvalue weighted by atomic mass is 16.2. The van der Waals surface area contributed by atoms with Crippen LogP contribution in [0.3, 0.4) is 0 Å². The minimum absolute atomic E-state index is 0.0112. The number of amides is 3. The zero-order valence-electron chi connectivity index (χ0n) is 14.6. The summed E-state index contributed by atoms with van der Waals surface area (Å²) in [7, 11) is 0. The van der Waals surface area contributed by atoms with E-state index in [1.807, 2.05) is 35.2 Å². The topological polar surface area (TPSA) is 64.7 Å². The van der Waals surface area contributed by atoms with Crippen molar-refractivity contribution < 1.29 is 9.59 Å². The lowest BCUT2D eigenvalue weighted by Crippen LogP contribution is -2.54. The summed E-state index contributed by atoms with van der Waals surface area (Å²) in [6.07, 6.45) is 1.89. The smallest absolute Gasteiger partial charge is 0.317 e. The Balaban J connectivity index is 1.72. The van der Waals surface area contributed by atoms with Gasteiger partial charge in [-0.2, -0.15) is 0 Å². The zero-order valence-corrected chi connectivity index (χ0v) is 14.6. The lowest BCUT2D eigenvalue weighted by atomic mass is 10.2. The molecule has 1 aromatic rings. The highest BCUT2D eigenvalue weighted by Gasteiger charge is 2.23. The van der Waals surface area contributed by atoms with Gasteiger partial charge in [0.15, 0.2) is 0 Å². The van der Waals surface area contributed by atoms with Crippen LogP contribution in [0.5, 0.6) is 0 Å². The molecule has 1 aromatic carbocycles. The summed E-state index contributed by atoms with van der Waals surface area (Å²) in [6.45, 7) is 7.28. The second-order valence-electron chi connectivity index (χ2n) is 6.14. The van der Waals surface area contributed by atoms with E-state index in [2.05, 4.69) is 29.4 Å². The van der Waals surface area contributed by atoms with Crippen LogP contribution in [0.25, 0.3) is 0 Å². The number of hydrogen-bond acceptors (Lipinski definition) is 3. The summed E-state index contributed by atoms with van der Waals surface area (Å²) in [5, 5.41) is 5.95. The molecule has 2 N–H and O–H groups in total. The first kappa shape index (κ1) is 18.3. The molecule has 1 aliphatic rings. The lowest BCUT2D eigenvalue weighted by molar-refractivity contribution is -0.117. The van der Waals surface area contributed by atoms with Crippen LogP contribution in [-0.2, 0) is 4.79 Å². The fourth-order valence-electron chi connectivity index (χ4n) is 2.79. The average molecular weight is 332 g/mol. The van der Waals surface area contributed by atoms with Crippen LogP contribution < -0.4 is 10.6 Å². The van der Waals surface area contributed by atoms with E-state index in [4.69, 9.17) is 0 Å². The molecule has 0 unspecified atom stereocenters. The molecule has 0 bridgehead atoms. The van der Waals surface area contributed by atoms with E-state index in [-0.39, 0.29) is 18.0 Å². The third-order valence-corrected chi connectivity index (χ3v) is 4.40. The fourth-order valence-corrected chi connectivity index (χ4v) is 2.79. The van der Waals surface area contributed by atoms with Gasteiger partial charge in [-0.15, -0.1) is 0 Å². The van der Waals surface area contributed by atoms with Crippen LogP contribution in [0.2, 0.25) is 0 Å². The van der Waals surface area contributed by atoms with E-state index in [0.717, 1.165) is 31.6 Å². The highest BCUT2D eigenvalue weighted by molar-refractivity contribution is 5.92. The Labute approximate surface area is 144 Å². The molecule has 6 nitrogen and oxygen atoms in total. The first-order valence-corrected chi connectivity index (χ1v) is 8.75. The van der Waals surface area contributed by atoms with E-state index < -0.39 is 0 Å². The van der Waals surface area contributed by atoms with Gasteiger partial charge in [-0.1, -0.05) is 32.0 Å². The number of para-hydroxylation sites is 1. The van der Waals surface area contributed by atoms with Crippen molar-refractivity contribution in [1.29, 1.82) is 0 Å². The molecule has 0 aromatic heterocycles. The summed E-state index contributed by atoms with van der Waals surface area (Å²) in [4.78, 5) is 28.2. The number of carbonyl (C=O) groups is 2. The van der Waals surface area contributed by atoms with E-state index in [0.29, 0.717) is 19.6 Å². The lowest BCUT2D eigenvalue weighted by Gasteiger charge is -2.35. The van der Waals surface area contributed by atoms with Gasteiger partial charge in [-0.05, 0) is 25.0 Å². The van der Waals surface area contributed by atoms with Gasteiger partial charge in [0.1, 0.15) is 0 Å². The minimum Gasteiger partial charge on any atom is -0.335 e. The van der Waals surface area contributed by atoms with Crippen LogP contribution in [0.4, 0.5) is 10.5 Å². The number of piperazine rings is 1. The molecule has 1 fully saturated rings. The Kier molecular flexibility index (Phi) is 7.06. The highest BCUT2D eigenvalue weighted by Crippen LogP contribution is 2.07. The number of rotatable bonds is 6. The second kappa shape index (κ2) is 9.27. The Morgan fingerprint density at radius 1 is 1.04 bits per heavy atom. The van der Waals surface area contributed by atoms with Crippen molar-refractivity contribution in [2.75, 3.05) is 38.0 Å². The van der Waals surface area contributed by atoms with Crippen molar-refractivity contribution in [2.24, 2.45) is 0 Å². The number of carbonyl (C=O) groups excluding carboxylic acids is 2. The van der Waals surface area contributed by atoms with Crippen molar-refractivity contribution in [3.05, 3.63) is 30.3 Å². The predicted molar refractivity (Wildman–Crippen MR) is 96.0 cm³/mol. The van der Waals surface area contributed by atoms with Crippen LogP contribution >= 0.6 is 0 Å². The fraction of sp³-hybridized carbons (Fsp3) is 0.556. The first-order valence-electron chi connectivity index (χ1n) is 8.75. The molecule has 24 heavy (non-hydrogen) atoms. The minimum atomic E-state index is -0.0175. The number of nitrogens with zero attached hydrogens (tertiary/aromatic N) is 2. The maximum atomic E-state index is 12.2. The summed E-state index contributed by atoms with van der Waals surface area (Å²) in [5.41, 5.74) is 0.811. The van der Waals surface area contributed by atoms with Gasteiger partial charge in [0.05, 0.1) is 6.54 Å². The Hall–Kier alpha value is -2.08. The molecule has 0 spiro atoms. The number of nitrogens with one attached hydrogen (secondary N) is 2. The molecule has 0 saturated carbocycles. The van der Waals surface area contributed by atoms with Crippen LogP contribution in [0, 0.1) is 0 Å². The van der Waals surface area contributed by atoms with Gasteiger partial charge in [0, 0.05) is 37.9 Å². The monoisotopic (exact) mass is 332 g/mol. The van der Waals surface area contributed by atoms with E-state index >= 15 is 0 Å². The van der Waals surface area contributed by atoms with Crippen molar-refractivity contribution >= 4 is 17.6 Å². The van der Waals surface area contributed by atoms with E-state index in [9.17, 15) is 9.59 Å². The van der Waals surface area contributed by atoms with Gasteiger partial charge >= 0.3 is 6.03 Å². The van der Waals surface area contributed by atoms with Gasteiger partial charge in [-0.3, -0.25) is 9.69 Å². The van der Waals surface area contributed by atoms with Gasteiger partial charge in [-0.25, -0.2) is 4.79 Å². The average Bonchev–Trinajstić information content (AvgIpc) is 2.60. The van der Waals surface area contributed by atoms with Crippen molar-refractivity contribution in [2.45, 2.75) is 32.7 Å². The van der Waals surface area contributed by atoms with E-state index in [1.165, 1.54) is 0 Å². The SMILES string of the molecule is CCC(CC)NC(=O)N1CCN(CC(=O)Nc2ccccc2)CC1. The molecule has 1 heterocycles. The van der Waals surface area contributed by atoms with Crippen molar-refractivity contribution in [3.8, 4) is 0 Å². The van der Waals surface area contributed by atoms with Crippen molar-refractivity contribution in [3.63, 3.8) is 0 Å². The van der Waals surface area contributed by atoms with Gasteiger partial charge < -0.3 is 15.5 Å². The molecular formula is C18H28N4O2.